The van der Waals surface area contributed by atoms with Crippen LogP contribution in [0.2, 0.25) is 0 Å². The highest BCUT2D eigenvalue weighted by Gasteiger charge is 2.28. The molecular weight excluding hydrogens is 420 g/mol. The van der Waals surface area contributed by atoms with Gasteiger partial charge in [-0.15, -0.1) is 0 Å². The number of amides is 1. The van der Waals surface area contributed by atoms with E-state index in [9.17, 15) is 4.79 Å². The minimum absolute atomic E-state index is 0.0809. The average molecular weight is 453 g/mol. The zero-order chi connectivity index (χ0) is 22.8. The molecule has 1 aliphatic carbocycles. The highest BCUT2D eigenvalue weighted by atomic mass is 32.2. The number of nitrogens with one attached hydrogen (secondary N) is 1. The van der Waals surface area contributed by atoms with Crippen LogP contribution >= 0.6 is 11.8 Å². The number of carbonyl (C=O) groups excluding carboxylic acids is 1. The van der Waals surface area contributed by atoms with Gasteiger partial charge in [-0.1, -0.05) is 56.7 Å². The molecule has 0 radical (unpaired) electrons. The second-order valence-corrected chi connectivity index (χ2v) is 9.86. The number of thioether (sulfide) groups is 1. The zero-order valence-corrected chi connectivity index (χ0v) is 20.3. The van der Waals surface area contributed by atoms with E-state index in [1.807, 2.05) is 48.7 Å². The van der Waals surface area contributed by atoms with Crippen LogP contribution in [0.4, 0.5) is 0 Å². The molecule has 1 amide bonds. The number of nitrogens with zero attached hydrogens (tertiary/aromatic N) is 3. The number of rotatable bonds is 6. The van der Waals surface area contributed by atoms with Crippen LogP contribution < -0.4 is 10.1 Å². The zero-order valence-electron chi connectivity index (χ0n) is 19.5. The molecule has 7 heteroatoms. The normalized spacial score (nSPS) is 21.0. The second-order valence-electron chi connectivity index (χ2n) is 8.86. The number of benzene rings is 1. The average Bonchev–Trinajstić information content (AvgIpc) is 3.10. The van der Waals surface area contributed by atoms with Crippen molar-refractivity contribution >= 4 is 23.3 Å². The van der Waals surface area contributed by atoms with Crippen LogP contribution in [0.5, 0.6) is 5.75 Å². The van der Waals surface area contributed by atoms with E-state index in [4.69, 9.17) is 14.8 Å². The van der Waals surface area contributed by atoms with E-state index < -0.39 is 0 Å². The maximum atomic E-state index is 12.7. The summed E-state index contributed by atoms with van der Waals surface area (Å²) in [4.78, 5) is 17.5. The first-order valence-electron chi connectivity index (χ1n) is 11.3. The van der Waals surface area contributed by atoms with Crippen molar-refractivity contribution < 1.29 is 9.53 Å². The lowest BCUT2D eigenvalue weighted by Crippen LogP contribution is -2.44. The van der Waals surface area contributed by atoms with Crippen LogP contribution in [0.25, 0.3) is 16.8 Å². The predicted octanol–water partition coefficient (Wildman–Crippen LogP) is 5.05. The van der Waals surface area contributed by atoms with E-state index in [1.165, 1.54) is 24.6 Å². The number of aryl methyl sites for hydroxylation is 2. The number of para-hydroxylation sites is 1. The van der Waals surface area contributed by atoms with Crippen molar-refractivity contribution in [2.75, 3.05) is 12.9 Å². The monoisotopic (exact) mass is 452 g/mol. The largest absolute Gasteiger partial charge is 0.496 e. The van der Waals surface area contributed by atoms with Gasteiger partial charge in [0, 0.05) is 17.3 Å². The first kappa shape index (κ1) is 22.6. The smallest absolute Gasteiger partial charge is 0.230 e. The number of methoxy groups -OCH3 is 1. The number of fused-ring (bicyclic) bond motifs is 1. The molecule has 32 heavy (non-hydrogen) atoms. The summed E-state index contributed by atoms with van der Waals surface area (Å²) >= 11 is 1.51. The molecule has 1 aromatic carbocycles. The third-order valence-electron chi connectivity index (χ3n) is 6.64. The molecule has 4 rings (SSSR count). The highest BCUT2D eigenvalue weighted by molar-refractivity contribution is 7.99. The van der Waals surface area contributed by atoms with Crippen molar-refractivity contribution in [3.8, 4) is 16.9 Å². The molecule has 3 atom stereocenters. The summed E-state index contributed by atoms with van der Waals surface area (Å²) in [5.41, 5.74) is 4.48. The first-order chi connectivity index (χ1) is 15.4. The van der Waals surface area contributed by atoms with Gasteiger partial charge in [-0.2, -0.15) is 5.10 Å². The number of hydrogen-bond acceptors (Lipinski definition) is 5. The number of ether oxygens (including phenoxy) is 1. The molecule has 0 bridgehead atoms. The molecule has 1 N–H and O–H groups in total. The first-order valence-corrected chi connectivity index (χ1v) is 12.3. The van der Waals surface area contributed by atoms with Gasteiger partial charge in [0.2, 0.25) is 5.91 Å². The summed E-state index contributed by atoms with van der Waals surface area (Å²) in [7, 11) is 1.67. The Bertz CT molecular complexity index is 1130. The Morgan fingerprint density at radius 2 is 2.03 bits per heavy atom. The summed E-state index contributed by atoms with van der Waals surface area (Å²) in [6.45, 7) is 8.50. The number of aromatic nitrogens is 3. The lowest BCUT2D eigenvalue weighted by atomic mass is 9.78. The summed E-state index contributed by atoms with van der Waals surface area (Å²) < 4.78 is 7.43. The Morgan fingerprint density at radius 1 is 1.25 bits per heavy atom. The highest BCUT2D eigenvalue weighted by Crippen LogP contribution is 2.36. The second kappa shape index (κ2) is 9.53. The molecule has 2 heterocycles. The van der Waals surface area contributed by atoms with Crippen molar-refractivity contribution in [3.05, 3.63) is 41.7 Å². The standard InChI is InChI=1S/C25H32N4O2S/c1-15-9-8-11-20(17(15)3)27-22(30)14-32-23-13-16(2)26-25-24(18(4)28-29(23)25)19-10-6-7-12-21(19)31-5/h6-7,10,12-13,15,17,20H,8-9,11,14H2,1-5H3,(H,27,30)/t15-,17+,20+/m0/s1. The van der Waals surface area contributed by atoms with E-state index in [0.717, 1.165) is 45.4 Å². The molecule has 0 spiro atoms. The molecule has 6 nitrogen and oxygen atoms in total. The Balaban J connectivity index is 1.58. The minimum Gasteiger partial charge on any atom is -0.496 e. The van der Waals surface area contributed by atoms with Crippen molar-refractivity contribution in [1.82, 2.24) is 19.9 Å². The Kier molecular flexibility index (Phi) is 6.74. The van der Waals surface area contributed by atoms with Crippen molar-refractivity contribution in [3.63, 3.8) is 0 Å². The Labute approximate surface area is 194 Å². The predicted molar refractivity (Wildman–Crippen MR) is 129 cm³/mol. The Morgan fingerprint density at radius 3 is 2.81 bits per heavy atom. The lowest BCUT2D eigenvalue weighted by molar-refractivity contribution is -0.120. The maximum Gasteiger partial charge on any atom is 0.230 e. The molecule has 0 aliphatic heterocycles. The van der Waals surface area contributed by atoms with Gasteiger partial charge < -0.3 is 10.1 Å². The Hall–Kier alpha value is -2.54. The summed E-state index contributed by atoms with van der Waals surface area (Å²) in [6.07, 6.45) is 3.51. The quantitative estimate of drug-likeness (QED) is 0.418. The van der Waals surface area contributed by atoms with Crippen LogP contribution in [0, 0.1) is 25.7 Å². The molecule has 0 saturated heterocycles. The maximum absolute atomic E-state index is 12.7. The van der Waals surface area contributed by atoms with Crippen LogP contribution in [-0.4, -0.2) is 39.4 Å². The van der Waals surface area contributed by atoms with Gasteiger partial charge in [-0.05, 0) is 44.2 Å². The van der Waals surface area contributed by atoms with Crippen LogP contribution in [0.15, 0.2) is 35.4 Å². The van der Waals surface area contributed by atoms with Gasteiger partial charge in [0.05, 0.1) is 24.1 Å². The molecular formula is C25H32N4O2S. The minimum atomic E-state index is 0.0809. The van der Waals surface area contributed by atoms with Gasteiger partial charge in [0.25, 0.3) is 0 Å². The molecule has 1 saturated carbocycles. The molecule has 3 aromatic rings. The van der Waals surface area contributed by atoms with Crippen molar-refractivity contribution in [1.29, 1.82) is 0 Å². The molecule has 2 aromatic heterocycles. The van der Waals surface area contributed by atoms with Crippen LogP contribution in [0.3, 0.4) is 0 Å². The fourth-order valence-electron chi connectivity index (χ4n) is 4.65. The van der Waals surface area contributed by atoms with E-state index in [2.05, 4.69) is 19.2 Å². The van der Waals surface area contributed by atoms with Crippen LogP contribution in [-0.2, 0) is 4.79 Å². The number of carbonyl (C=O) groups is 1. The van der Waals surface area contributed by atoms with E-state index in [0.29, 0.717) is 17.6 Å². The summed E-state index contributed by atoms with van der Waals surface area (Å²) in [6, 6.07) is 10.2. The summed E-state index contributed by atoms with van der Waals surface area (Å²) in [5.74, 6) is 2.41. The lowest BCUT2D eigenvalue weighted by Gasteiger charge is -2.34. The SMILES string of the molecule is COc1ccccc1-c1c(C)nn2c(SCC(=O)N[C@@H]3CCC[C@H](C)[C@H]3C)cc(C)nc12. The topological polar surface area (TPSA) is 68.5 Å². The van der Waals surface area contributed by atoms with Gasteiger partial charge in [0.15, 0.2) is 5.65 Å². The fraction of sp³-hybridized carbons (Fsp3) is 0.480. The third kappa shape index (κ3) is 4.49. The van der Waals surface area contributed by atoms with Gasteiger partial charge in [-0.3, -0.25) is 4.79 Å². The molecule has 1 aliphatic rings. The van der Waals surface area contributed by atoms with Crippen molar-refractivity contribution in [2.45, 2.75) is 58.0 Å². The molecule has 170 valence electrons. The number of hydrogen-bond donors (Lipinski definition) is 1. The fourth-order valence-corrected chi connectivity index (χ4v) is 5.52. The van der Waals surface area contributed by atoms with Gasteiger partial charge >= 0.3 is 0 Å². The van der Waals surface area contributed by atoms with E-state index >= 15 is 0 Å². The molecule has 1 fully saturated rings. The molecule has 0 unspecified atom stereocenters. The van der Waals surface area contributed by atoms with Crippen molar-refractivity contribution in [2.24, 2.45) is 11.8 Å². The van der Waals surface area contributed by atoms with Gasteiger partial charge in [0.1, 0.15) is 10.8 Å². The van der Waals surface area contributed by atoms with Crippen LogP contribution in [0.1, 0.15) is 44.5 Å². The third-order valence-corrected chi connectivity index (χ3v) is 7.63. The van der Waals surface area contributed by atoms with E-state index in [1.54, 1.807) is 7.11 Å². The van der Waals surface area contributed by atoms with E-state index in [-0.39, 0.29) is 11.9 Å². The van der Waals surface area contributed by atoms with Gasteiger partial charge in [-0.25, -0.2) is 9.50 Å². The summed E-state index contributed by atoms with van der Waals surface area (Å²) in [5, 5.41) is 8.95.